The Hall–Kier alpha value is -1.75. The largest absolute Gasteiger partial charge is 0.497 e. The summed E-state index contributed by atoms with van der Waals surface area (Å²) in [5.41, 5.74) is 1.20. The van der Waals surface area contributed by atoms with Gasteiger partial charge < -0.3 is 14.5 Å². The summed E-state index contributed by atoms with van der Waals surface area (Å²) >= 11 is 0. The van der Waals surface area contributed by atoms with Crippen LogP contribution >= 0.6 is 0 Å². The number of benzene rings is 1. The van der Waals surface area contributed by atoms with Crippen molar-refractivity contribution < 1.29 is 9.53 Å². The predicted octanol–water partition coefficient (Wildman–Crippen LogP) is 2.22. The highest BCUT2D eigenvalue weighted by molar-refractivity contribution is 5.78. The fraction of sp³-hybridized carbons (Fsp3) is 0.632. The lowest BCUT2D eigenvalue weighted by Gasteiger charge is -2.38. The minimum atomic E-state index is 0.303. The highest BCUT2D eigenvalue weighted by Crippen LogP contribution is 2.22. The van der Waals surface area contributed by atoms with E-state index in [-0.39, 0.29) is 0 Å². The van der Waals surface area contributed by atoms with Crippen LogP contribution in [-0.2, 0) is 4.79 Å². The number of amides is 1. The van der Waals surface area contributed by atoms with Crippen LogP contribution in [0.5, 0.6) is 5.75 Å². The molecule has 2 fully saturated rings. The van der Waals surface area contributed by atoms with Crippen molar-refractivity contribution in [2.45, 2.75) is 32.2 Å². The average Bonchev–Trinajstić information content (AvgIpc) is 2.62. The molecule has 0 N–H and O–H groups in total. The molecule has 1 unspecified atom stereocenters. The molecule has 0 bridgehead atoms. The highest BCUT2D eigenvalue weighted by atomic mass is 16.5. The van der Waals surface area contributed by atoms with Crippen LogP contribution in [0.1, 0.15) is 26.2 Å². The number of nitrogens with zero attached hydrogens (tertiary/aromatic N) is 3. The van der Waals surface area contributed by atoms with Crippen LogP contribution in [0.2, 0.25) is 0 Å². The highest BCUT2D eigenvalue weighted by Gasteiger charge is 2.26. The molecule has 5 nitrogen and oxygen atoms in total. The summed E-state index contributed by atoms with van der Waals surface area (Å²) in [7, 11) is 1.70. The molecule has 2 aliphatic rings. The Morgan fingerprint density at radius 2 is 1.96 bits per heavy atom. The SMILES string of the molecule is COc1cccc(N2CCN(CC(=O)N3CCCCC3C)CC2)c1. The van der Waals surface area contributed by atoms with Crippen LogP contribution in [-0.4, -0.2) is 68.1 Å². The monoisotopic (exact) mass is 331 g/mol. The average molecular weight is 331 g/mol. The zero-order chi connectivity index (χ0) is 16.9. The Morgan fingerprint density at radius 3 is 2.67 bits per heavy atom. The van der Waals surface area contributed by atoms with E-state index in [0.29, 0.717) is 18.5 Å². The molecular weight excluding hydrogens is 302 g/mol. The third kappa shape index (κ3) is 4.01. The Balaban J connectivity index is 1.50. The Morgan fingerprint density at radius 1 is 1.17 bits per heavy atom. The summed E-state index contributed by atoms with van der Waals surface area (Å²) in [4.78, 5) is 19.3. The minimum absolute atomic E-state index is 0.303. The molecule has 2 heterocycles. The molecule has 24 heavy (non-hydrogen) atoms. The van der Waals surface area contributed by atoms with Crippen molar-refractivity contribution >= 4 is 11.6 Å². The van der Waals surface area contributed by atoms with Gasteiger partial charge in [0.25, 0.3) is 0 Å². The van der Waals surface area contributed by atoms with Crippen LogP contribution in [0.15, 0.2) is 24.3 Å². The first-order chi connectivity index (χ1) is 11.7. The number of ether oxygens (including phenoxy) is 1. The third-order valence-corrected chi connectivity index (χ3v) is 5.27. The summed E-state index contributed by atoms with van der Waals surface area (Å²) in [5.74, 6) is 1.20. The molecule has 1 aromatic rings. The molecule has 3 rings (SSSR count). The van der Waals surface area contributed by atoms with Crippen molar-refractivity contribution in [2.24, 2.45) is 0 Å². The minimum Gasteiger partial charge on any atom is -0.497 e. The standard InChI is InChI=1S/C19H29N3O2/c1-16-6-3-4-9-22(16)19(23)15-20-10-12-21(13-11-20)17-7-5-8-18(14-17)24-2/h5,7-8,14,16H,3-4,6,9-13,15H2,1-2H3. The van der Waals surface area contributed by atoms with Gasteiger partial charge in [0.1, 0.15) is 5.75 Å². The third-order valence-electron chi connectivity index (χ3n) is 5.27. The van der Waals surface area contributed by atoms with Gasteiger partial charge in [-0.3, -0.25) is 9.69 Å². The Bertz CT molecular complexity index is 555. The van der Waals surface area contributed by atoms with Crippen molar-refractivity contribution in [1.29, 1.82) is 0 Å². The number of carbonyl (C=O) groups is 1. The molecular formula is C19H29N3O2. The van der Waals surface area contributed by atoms with Gasteiger partial charge in [0.05, 0.1) is 13.7 Å². The van der Waals surface area contributed by atoms with Crippen molar-refractivity contribution in [2.75, 3.05) is 51.3 Å². The first kappa shape index (κ1) is 17.1. The number of carbonyl (C=O) groups excluding carboxylic acids is 1. The van der Waals surface area contributed by atoms with Crippen LogP contribution in [0.3, 0.4) is 0 Å². The van der Waals surface area contributed by atoms with Gasteiger partial charge in [-0.1, -0.05) is 6.07 Å². The topological polar surface area (TPSA) is 36.0 Å². The molecule has 1 aromatic carbocycles. The second-order valence-corrected chi connectivity index (χ2v) is 6.90. The van der Waals surface area contributed by atoms with Crippen LogP contribution in [0.25, 0.3) is 0 Å². The smallest absolute Gasteiger partial charge is 0.236 e. The second-order valence-electron chi connectivity index (χ2n) is 6.90. The fourth-order valence-electron chi connectivity index (χ4n) is 3.72. The predicted molar refractivity (Wildman–Crippen MR) is 96.7 cm³/mol. The molecule has 1 amide bonds. The number of anilines is 1. The maximum Gasteiger partial charge on any atom is 0.236 e. The van der Waals surface area contributed by atoms with E-state index in [4.69, 9.17) is 4.74 Å². The van der Waals surface area contributed by atoms with Gasteiger partial charge in [-0.05, 0) is 38.3 Å². The quantitative estimate of drug-likeness (QED) is 0.848. The van der Waals surface area contributed by atoms with Gasteiger partial charge in [-0.25, -0.2) is 0 Å². The molecule has 0 aliphatic carbocycles. The first-order valence-electron chi connectivity index (χ1n) is 9.08. The number of methoxy groups -OCH3 is 1. The lowest BCUT2D eigenvalue weighted by Crippen LogP contribution is -2.52. The fourth-order valence-corrected chi connectivity index (χ4v) is 3.72. The van der Waals surface area contributed by atoms with Crippen LogP contribution in [0.4, 0.5) is 5.69 Å². The number of hydrogen-bond donors (Lipinski definition) is 0. The zero-order valence-corrected chi connectivity index (χ0v) is 14.9. The molecule has 5 heteroatoms. The molecule has 0 spiro atoms. The van der Waals surface area contributed by atoms with Crippen molar-refractivity contribution in [3.8, 4) is 5.75 Å². The summed E-state index contributed by atoms with van der Waals surface area (Å²) in [5, 5.41) is 0. The number of likely N-dealkylation sites (tertiary alicyclic amines) is 1. The van der Waals surface area contributed by atoms with E-state index in [1.807, 2.05) is 12.1 Å². The van der Waals surface area contributed by atoms with Gasteiger partial charge in [-0.15, -0.1) is 0 Å². The van der Waals surface area contributed by atoms with Gasteiger partial charge in [0, 0.05) is 50.5 Å². The van der Waals surface area contributed by atoms with E-state index in [9.17, 15) is 4.79 Å². The molecule has 0 saturated carbocycles. The second kappa shape index (κ2) is 7.88. The van der Waals surface area contributed by atoms with Crippen LogP contribution < -0.4 is 9.64 Å². The molecule has 132 valence electrons. The van der Waals surface area contributed by atoms with Gasteiger partial charge >= 0.3 is 0 Å². The lowest BCUT2D eigenvalue weighted by molar-refractivity contribution is -0.135. The van der Waals surface area contributed by atoms with Crippen LogP contribution in [0, 0.1) is 0 Å². The maximum atomic E-state index is 12.6. The van der Waals surface area contributed by atoms with E-state index in [2.05, 4.69) is 33.8 Å². The summed E-state index contributed by atoms with van der Waals surface area (Å²) in [6.07, 6.45) is 3.55. The summed E-state index contributed by atoms with van der Waals surface area (Å²) < 4.78 is 5.31. The van der Waals surface area contributed by atoms with E-state index in [1.165, 1.54) is 12.1 Å². The Labute approximate surface area is 145 Å². The first-order valence-corrected chi connectivity index (χ1v) is 9.08. The molecule has 2 saturated heterocycles. The number of rotatable bonds is 4. The number of piperidine rings is 1. The van der Waals surface area contributed by atoms with Crippen molar-refractivity contribution in [3.05, 3.63) is 24.3 Å². The lowest BCUT2D eigenvalue weighted by atomic mass is 10.0. The molecule has 1 atom stereocenters. The Kier molecular flexibility index (Phi) is 5.61. The molecule has 2 aliphatic heterocycles. The molecule has 0 radical (unpaired) electrons. The molecule has 0 aromatic heterocycles. The van der Waals surface area contributed by atoms with E-state index >= 15 is 0 Å². The van der Waals surface area contributed by atoms with Gasteiger partial charge in [-0.2, -0.15) is 0 Å². The number of piperazine rings is 1. The van der Waals surface area contributed by atoms with Gasteiger partial charge in [0.15, 0.2) is 0 Å². The van der Waals surface area contributed by atoms with E-state index < -0.39 is 0 Å². The van der Waals surface area contributed by atoms with Gasteiger partial charge in [0.2, 0.25) is 5.91 Å². The maximum absolute atomic E-state index is 12.6. The van der Waals surface area contributed by atoms with E-state index in [1.54, 1.807) is 7.11 Å². The zero-order valence-electron chi connectivity index (χ0n) is 14.9. The van der Waals surface area contributed by atoms with Crippen molar-refractivity contribution in [3.63, 3.8) is 0 Å². The normalized spacial score (nSPS) is 22.5. The number of hydrogen-bond acceptors (Lipinski definition) is 4. The van der Waals surface area contributed by atoms with E-state index in [0.717, 1.165) is 51.3 Å². The summed E-state index contributed by atoms with van der Waals surface area (Å²) in [6, 6.07) is 8.61. The van der Waals surface area contributed by atoms with Crippen molar-refractivity contribution in [1.82, 2.24) is 9.80 Å². The summed E-state index contributed by atoms with van der Waals surface area (Å²) in [6.45, 7) is 7.46.